The lowest BCUT2D eigenvalue weighted by Crippen LogP contribution is -2.10. The monoisotopic (exact) mass is 201 g/mol. The summed E-state index contributed by atoms with van der Waals surface area (Å²) in [6.07, 6.45) is 1.85. The Balaban J connectivity index is 2.71. The Kier molecular flexibility index (Phi) is 4.21. The Labute approximate surface area is 81.4 Å². The predicted octanol–water partition coefficient (Wildman–Crippen LogP) is 2.20. The molecule has 0 heterocycles. The summed E-state index contributed by atoms with van der Waals surface area (Å²) in [5.74, 6) is -0.178. The van der Waals surface area contributed by atoms with Crippen molar-refractivity contribution in [2.24, 2.45) is 0 Å². The van der Waals surface area contributed by atoms with Crippen molar-refractivity contribution in [1.82, 2.24) is 5.48 Å². The summed E-state index contributed by atoms with van der Waals surface area (Å²) in [5.41, 5.74) is 3.53. The van der Waals surface area contributed by atoms with Gasteiger partial charge in [0.2, 0.25) is 0 Å². The second-order valence-electron chi connectivity index (χ2n) is 2.49. The first-order valence-corrected chi connectivity index (χ1v) is 5.08. The fourth-order valence-corrected chi connectivity index (χ4v) is 1.43. The van der Waals surface area contributed by atoms with Gasteiger partial charge in [-0.25, -0.2) is 4.39 Å². The van der Waals surface area contributed by atoms with Gasteiger partial charge in [-0.05, 0) is 24.0 Å². The van der Waals surface area contributed by atoms with E-state index in [1.807, 2.05) is 12.3 Å². The van der Waals surface area contributed by atoms with Crippen LogP contribution in [0.15, 0.2) is 23.1 Å². The van der Waals surface area contributed by atoms with Crippen molar-refractivity contribution < 1.29 is 9.23 Å². The lowest BCUT2D eigenvalue weighted by atomic mass is 10.2. The highest BCUT2D eigenvalue weighted by molar-refractivity contribution is 7.98. The van der Waals surface area contributed by atoms with Crippen molar-refractivity contribution in [1.29, 1.82) is 0 Å². The Morgan fingerprint density at radius 1 is 1.54 bits per heavy atom. The number of benzene rings is 1. The van der Waals surface area contributed by atoms with Crippen LogP contribution in [0.4, 0.5) is 4.39 Å². The van der Waals surface area contributed by atoms with E-state index in [4.69, 9.17) is 0 Å². The van der Waals surface area contributed by atoms with Gasteiger partial charge < -0.3 is 4.84 Å². The molecule has 0 spiro atoms. The molecule has 1 aromatic rings. The molecule has 0 unspecified atom stereocenters. The summed E-state index contributed by atoms with van der Waals surface area (Å²) in [5, 5.41) is 0. The average molecular weight is 201 g/mol. The molecule has 0 radical (unpaired) electrons. The highest BCUT2D eigenvalue weighted by Crippen LogP contribution is 2.19. The third kappa shape index (κ3) is 2.99. The number of rotatable bonds is 4. The molecule has 1 N–H and O–H groups in total. The van der Waals surface area contributed by atoms with E-state index in [0.29, 0.717) is 11.4 Å². The third-order valence-corrected chi connectivity index (χ3v) is 2.41. The lowest BCUT2D eigenvalue weighted by Gasteiger charge is -2.04. The molecule has 1 aromatic carbocycles. The molecule has 0 saturated heterocycles. The standard InChI is InChI=1S/C9H12FNOS/c1-12-11-6-7-3-4-9(13-2)8(10)5-7/h3-5,11H,6H2,1-2H3. The predicted molar refractivity (Wildman–Crippen MR) is 52.0 cm³/mol. The van der Waals surface area contributed by atoms with E-state index in [0.717, 1.165) is 5.56 Å². The molecule has 13 heavy (non-hydrogen) atoms. The van der Waals surface area contributed by atoms with Crippen LogP contribution in [-0.4, -0.2) is 13.4 Å². The Morgan fingerprint density at radius 3 is 2.85 bits per heavy atom. The fraction of sp³-hybridized carbons (Fsp3) is 0.333. The van der Waals surface area contributed by atoms with Gasteiger partial charge in [0, 0.05) is 11.4 Å². The van der Waals surface area contributed by atoms with Gasteiger partial charge in [0.05, 0.1) is 7.11 Å². The average Bonchev–Trinajstić information content (AvgIpc) is 2.15. The quantitative estimate of drug-likeness (QED) is 0.596. The largest absolute Gasteiger partial charge is 0.305 e. The van der Waals surface area contributed by atoms with E-state index in [1.165, 1.54) is 24.9 Å². The maximum atomic E-state index is 13.2. The number of hydrogen-bond acceptors (Lipinski definition) is 3. The molecule has 0 saturated carbocycles. The normalized spacial score (nSPS) is 10.4. The molecule has 2 nitrogen and oxygen atoms in total. The molecule has 4 heteroatoms. The van der Waals surface area contributed by atoms with Gasteiger partial charge >= 0.3 is 0 Å². The first-order chi connectivity index (χ1) is 6.27. The maximum absolute atomic E-state index is 13.2. The van der Waals surface area contributed by atoms with E-state index >= 15 is 0 Å². The summed E-state index contributed by atoms with van der Waals surface area (Å²) in [6.45, 7) is 0.516. The molecule has 0 aromatic heterocycles. The smallest absolute Gasteiger partial charge is 0.137 e. The van der Waals surface area contributed by atoms with Crippen molar-refractivity contribution in [3.63, 3.8) is 0 Å². The molecule has 0 aliphatic carbocycles. The van der Waals surface area contributed by atoms with Gasteiger partial charge in [-0.2, -0.15) is 5.48 Å². The molecular formula is C9H12FNOS. The minimum absolute atomic E-state index is 0.178. The highest BCUT2D eigenvalue weighted by Gasteiger charge is 2.01. The molecule has 0 atom stereocenters. The second kappa shape index (κ2) is 5.21. The summed E-state index contributed by atoms with van der Waals surface area (Å²) in [6, 6.07) is 5.16. The number of thioether (sulfide) groups is 1. The molecule has 1 rings (SSSR count). The molecule has 0 fully saturated rings. The number of hydrogen-bond donors (Lipinski definition) is 1. The molecule has 0 aliphatic rings. The minimum Gasteiger partial charge on any atom is -0.305 e. The van der Waals surface area contributed by atoms with Crippen molar-refractivity contribution in [3.8, 4) is 0 Å². The zero-order valence-electron chi connectivity index (χ0n) is 7.63. The van der Waals surface area contributed by atoms with E-state index in [-0.39, 0.29) is 5.82 Å². The molecule has 72 valence electrons. The zero-order valence-corrected chi connectivity index (χ0v) is 8.45. The summed E-state index contributed by atoms with van der Waals surface area (Å²) in [4.78, 5) is 5.33. The zero-order chi connectivity index (χ0) is 9.68. The van der Waals surface area contributed by atoms with Gasteiger partial charge in [-0.1, -0.05) is 6.07 Å². The fourth-order valence-electron chi connectivity index (χ4n) is 0.975. The van der Waals surface area contributed by atoms with Crippen LogP contribution in [0.25, 0.3) is 0 Å². The van der Waals surface area contributed by atoms with Crippen LogP contribution in [0.5, 0.6) is 0 Å². The van der Waals surface area contributed by atoms with E-state index in [2.05, 4.69) is 10.3 Å². The van der Waals surface area contributed by atoms with Crippen molar-refractivity contribution in [2.75, 3.05) is 13.4 Å². The van der Waals surface area contributed by atoms with Gasteiger partial charge in [0.1, 0.15) is 5.82 Å². The van der Waals surface area contributed by atoms with Gasteiger partial charge in [-0.15, -0.1) is 11.8 Å². The van der Waals surface area contributed by atoms with Crippen LogP contribution < -0.4 is 5.48 Å². The SMILES string of the molecule is CONCc1ccc(SC)c(F)c1. The highest BCUT2D eigenvalue weighted by atomic mass is 32.2. The maximum Gasteiger partial charge on any atom is 0.137 e. The molecule has 0 aliphatic heterocycles. The van der Waals surface area contributed by atoms with Crippen molar-refractivity contribution in [2.45, 2.75) is 11.4 Å². The van der Waals surface area contributed by atoms with Crippen molar-refractivity contribution >= 4 is 11.8 Å². The van der Waals surface area contributed by atoms with Crippen LogP contribution in [0.2, 0.25) is 0 Å². The summed E-state index contributed by atoms with van der Waals surface area (Å²) < 4.78 is 13.2. The Morgan fingerprint density at radius 2 is 2.31 bits per heavy atom. The lowest BCUT2D eigenvalue weighted by molar-refractivity contribution is 0.0866. The second-order valence-corrected chi connectivity index (χ2v) is 3.34. The van der Waals surface area contributed by atoms with E-state index in [1.54, 1.807) is 6.07 Å². The topological polar surface area (TPSA) is 21.3 Å². The van der Waals surface area contributed by atoms with Crippen LogP contribution in [0.1, 0.15) is 5.56 Å². The number of hydroxylamine groups is 1. The molecular weight excluding hydrogens is 189 g/mol. The third-order valence-electron chi connectivity index (χ3n) is 1.64. The van der Waals surface area contributed by atoms with Gasteiger partial charge in [0.15, 0.2) is 0 Å². The van der Waals surface area contributed by atoms with Crippen LogP contribution in [-0.2, 0) is 11.4 Å². The first-order valence-electron chi connectivity index (χ1n) is 3.86. The van der Waals surface area contributed by atoms with Gasteiger partial charge in [-0.3, -0.25) is 0 Å². The summed E-state index contributed by atoms with van der Waals surface area (Å²) in [7, 11) is 1.53. The first kappa shape index (κ1) is 10.5. The summed E-state index contributed by atoms with van der Waals surface area (Å²) >= 11 is 1.40. The van der Waals surface area contributed by atoms with E-state index in [9.17, 15) is 4.39 Å². The molecule has 0 bridgehead atoms. The minimum atomic E-state index is -0.178. The van der Waals surface area contributed by atoms with Crippen molar-refractivity contribution in [3.05, 3.63) is 29.6 Å². The van der Waals surface area contributed by atoms with Crippen LogP contribution in [0, 0.1) is 5.82 Å². The van der Waals surface area contributed by atoms with Crippen LogP contribution in [0.3, 0.4) is 0 Å². The van der Waals surface area contributed by atoms with Crippen LogP contribution >= 0.6 is 11.8 Å². The molecule has 0 amide bonds. The van der Waals surface area contributed by atoms with E-state index < -0.39 is 0 Å². The van der Waals surface area contributed by atoms with Gasteiger partial charge in [0.25, 0.3) is 0 Å². The Hall–Kier alpha value is -0.580. The number of halogens is 1. The Bertz CT molecular complexity index is 280. The number of nitrogens with one attached hydrogen (secondary N) is 1.